The summed E-state index contributed by atoms with van der Waals surface area (Å²) in [5.41, 5.74) is 0.757. The Bertz CT molecular complexity index is 974. The number of piperidine rings is 1. The zero-order valence-electron chi connectivity index (χ0n) is 19.5. The van der Waals surface area contributed by atoms with Gasteiger partial charge in [0.15, 0.2) is 0 Å². The number of hydrogen-bond acceptors (Lipinski definition) is 3. The number of hydrogen-bond donors (Lipinski definition) is 2. The maximum absolute atomic E-state index is 14.1. The molecule has 5 rings (SSSR count). The molecule has 6 heteroatoms. The van der Waals surface area contributed by atoms with Crippen LogP contribution < -0.4 is 5.32 Å². The van der Waals surface area contributed by atoms with Crippen LogP contribution >= 0.6 is 0 Å². The molecule has 2 aliphatic carbocycles. The first-order chi connectivity index (χ1) is 16.3. The van der Waals surface area contributed by atoms with E-state index in [2.05, 4.69) is 40.5 Å². The van der Waals surface area contributed by atoms with Crippen LogP contribution in [-0.4, -0.2) is 39.6 Å². The van der Waals surface area contributed by atoms with Gasteiger partial charge in [-0.3, -0.25) is 0 Å². The van der Waals surface area contributed by atoms with Gasteiger partial charge in [0.1, 0.15) is 0 Å². The van der Waals surface area contributed by atoms with Crippen molar-refractivity contribution in [1.29, 1.82) is 0 Å². The predicted octanol–water partition coefficient (Wildman–Crippen LogP) is 4.73. The van der Waals surface area contributed by atoms with Crippen LogP contribution in [0.5, 0.6) is 0 Å². The molecule has 0 spiro atoms. The van der Waals surface area contributed by atoms with E-state index in [-0.39, 0.29) is 12.8 Å². The molecule has 0 aromatic heterocycles. The van der Waals surface area contributed by atoms with Crippen LogP contribution in [0.15, 0.2) is 60.7 Å². The van der Waals surface area contributed by atoms with E-state index in [1.54, 1.807) is 0 Å². The van der Waals surface area contributed by atoms with Gasteiger partial charge in [0, 0.05) is 0 Å². The first-order valence-electron chi connectivity index (χ1n) is 12.6. The fraction of sp³-hybridized carbons (Fsp3) is 0.536. The molecule has 2 N–H and O–H groups in total. The van der Waals surface area contributed by atoms with Crippen molar-refractivity contribution in [2.75, 3.05) is 19.6 Å². The predicted molar refractivity (Wildman–Crippen MR) is 127 cm³/mol. The summed E-state index contributed by atoms with van der Waals surface area (Å²) in [6, 6.07) is 20.1. The van der Waals surface area contributed by atoms with Crippen molar-refractivity contribution in [2.24, 2.45) is 23.7 Å². The van der Waals surface area contributed by atoms with Crippen molar-refractivity contribution >= 4 is 4.02 Å². The van der Waals surface area contributed by atoms with Crippen LogP contribution in [0.2, 0.25) is 0 Å². The molecule has 2 bridgehead atoms. The van der Waals surface area contributed by atoms with Gasteiger partial charge < -0.3 is 0 Å². The van der Waals surface area contributed by atoms with Crippen LogP contribution in [0.3, 0.4) is 0 Å². The van der Waals surface area contributed by atoms with E-state index in [4.69, 9.17) is 0 Å². The Balaban J connectivity index is 1.25. The fourth-order valence-corrected chi connectivity index (χ4v) is 7.95. The SMILES string of the molecule is OC([C](=[W])NCC1C2CCC1CN(Cc1ccccc1)C2)(c1ccccc1)[C@@H]1CCC(F)(F)C1. The second kappa shape index (κ2) is 10.0. The number of likely N-dealkylation sites (tertiary alicyclic amines) is 1. The van der Waals surface area contributed by atoms with Crippen LogP contribution in [-0.2, 0) is 31.5 Å². The Morgan fingerprint density at radius 3 is 2.21 bits per heavy atom. The minimum atomic E-state index is -2.69. The number of fused-ring (bicyclic) bond motifs is 2. The summed E-state index contributed by atoms with van der Waals surface area (Å²) in [5, 5.41) is 15.5. The molecule has 2 aromatic rings. The Morgan fingerprint density at radius 1 is 1.00 bits per heavy atom. The van der Waals surface area contributed by atoms with Crippen molar-refractivity contribution < 1.29 is 33.2 Å². The average molecular weight is 636 g/mol. The van der Waals surface area contributed by atoms with E-state index in [0.29, 0.717) is 24.2 Å². The minimum absolute atomic E-state index is 0.139. The Kier molecular flexibility index (Phi) is 7.19. The number of nitrogens with one attached hydrogen (secondary N) is 1. The summed E-state index contributed by atoms with van der Waals surface area (Å²) in [7, 11) is 0. The quantitative estimate of drug-likeness (QED) is 0.440. The number of rotatable bonds is 8. The average Bonchev–Trinajstić information content (AvgIpc) is 3.33. The monoisotopic (exact) mass is 636 g/mol. The molecular formula is C28H34F2N2OW. The van der Waals surface area contributed by atoms with Crippen LogP contribution in [0.4, 0.5) is 8.78 Å². The zero-order chi connectivity index (χ0) is 23.8. The summed E-state index contributed by atoms with van der Waals surface area (Å²) >= 11 is 1.13. The summed E-state index contributed by atoms with van der Waals surface area (Å²) in [5.74, 6) is -1.27. The molecule has 2 aromatic carbocycles. The molecule has 1 aliphatic heterocycles. The third-order valence-electron chi connectivity index (χ3n) is 8.41. The standard InChI is InChI=1S/C28H34F2N2O.W/c29-27(30)14-13-25(15-27)28(33,24-9-5-2-6-10-24)20-31-16-26-22-11-12-23(26)19-32(18-22)17-21-7-3-1-4-8-21;/h1-10,22-23,25-26,31,33H,11-19H2;/t22?,23?,25-,26?,28?;/m1./s1. The molecule has 3 aliphatic rings. The van der Waals surface area contributed by atoms with Crippen molar-refractivity contribution in [3.05, 3.63) is 71.8 Å². The number of nitrogens with zero attached hydrogens (tertiary/aromatic N) is 1. The molecular weight excluding hydrogens is 602 g/mol. The van der Waals surface area contributed by atoms with Crippen molar-refractivity contribution in [3.63, 3.8) is 0 Å². The summed E-state index contributed by atoms with van der Waals surface area (Å²) in [4.78, 5) is 2.59. The Hall–Kier alpha value is -1.26. The van der Waals surface area contributed by atoms with Crippen LogP contribution in [0, 0.1) is 23.7 Å². The zero-order valence-corrected chi connectivity index (χ0v) is 22.4. The van der Waals surface area contributed by atoms with Gasteiger partial charge in [-0.2, -0.15) is 0 Å². The number of benzene rings is 2. The third kappa shape index (κ3) is 5.00. The van der Waals surface area contributed by atoms with Crippen LogP contribution in [0.25, 0.3) is 0 Å². The maximum atomic E-state index is 14.1. The Morgan fingerprint density at radius 2 is 1.62 bits per heavy atom. The molecule has 1 saturated heterocycles. The number of alkyl halides is 2. The second-order valence-corrected chi connectivity index (χ2v) is 12.0. The van der Waals surface area contributed by atoms with Gasteiger partial charge in [0.25, 0.3) is 0 Å². The first-order valence-corrected chi connectivity index (χ1v) is 14.0. The summed E-state index contributed by atoms with van der Waals surface area (Å²) in [6.07, 6.45) is 2.47. The summed E-state index contributed by atoms with van der Waals surface area (Å²) in [6.45, 7) is 4.06. The topological polar surface area (TPSA) is 35.5 Å². The van der Waals surface area contributed by atoms with Crippen molar-refractivity contribution in [3.8, 4) is 0 Å². The summed E-state index contributed by atoms with van der Waals surface area (Å²) < 4.78 is 29.1. The fourth-order valence-electron chi connectivity index (χ4n) is 6.63. The van der Waals surface area contributed by atoms with Gasteiger partial charge in [-0.1, -0.05) is 0 Å². The van der Waals surface area contributed by atoms with E-state index in [0.717, 1.165) is 55.1 Å². The molecule has 34 heavy (non-hydrogen) atoms. The molecule has 3 nitrogen and oxygen atoms in total. The van der Waals surface area contributed by atoms with Gasteiger partial charge >= 0.3 is 213 Å². The molecule has 1 heterocycles. The van der Waals surface area contributed by atoms with Gasteiger partial charge in [-0.15, -0.1) is 0 Å². The van der Waals surface area contributed by atoms with Crippen LogP contribution in [0.1, 0.15) is 43.2 Å². The van der Waals surface area contributed by atoms with E-state index < -0.39 is 17.4 Å². The molecule has 3 unspecified atom stereocenters. The Labute approximate surface area is 212 Å². The van der Waals surface area contributed by atoms with E-state index >= 15 is 0 Å². The molecule has 2 saturated carbocycles. The normalized spacial score (nSPS) is 30.2. The molecule has 3 fully saturated rings. The van der Waals surface area contributed by atoms with E-state index in [1.807, 2.05) is 30.3 Å². The molecule has 0 amide bonds. The van der Waals surface area contributed by atoms with Gasteiger partial charge in [0.05, 0.1) is 0 Å². The van der Waals surface area contributed by atoms with E-state index in [9.17, 15) is 13.9 Å². The van der Waals surface area contributed by atoms with Crippen molar-refractivity contribution in [1.82, 2.24) is 10.2 Å². The second-order valence-electron chi connectivity index (χ2n) is 10.6. The van der Waals surface area contributed by atoms with Gasteiger partial charge in [0.2, 0.25) is 0 Å². The molecule has 0 radical (unpaired) electrons. The molecule has 4 atom stereocenters. The first kappa shape index (κ1) is 24.4. The third-order valence-corrected chi connectivity index (χ3v) is 10.0. The van der Waals surface area contributed by atoms with E-state index in [1.165, 1.54) is 18.4 Å². The molecule has 182 valence electrons. The van der Waals surface area contributed by atoms with Gasteiger partial charge in [-0.05, 0) is 0 Å². The number of aliphatic hydroxyl groups is 1. The van der Waals surface area contributed by atoms with Crippen molar-refractivity contribution in [2.45, 2.75) is 50.2 Å². The number of halogens is 2. The van der Waals surface area contributed by atoms with Gasteiger partial charge in [-0.25, -0.2) is 0 Å².